The molecule has 0 radical (unpaired) electrons. The van der Waals surface area contributed by atoms with Crippen molar-refractivity contribution < 1.29 is 18.7 Å². The summed E-state index contributed by atoms with van der Waals surface area (Å²) >= 11 is 5.92. The number of nitrogens with one attached hydrogen (secondary N) is 1. The highest BCUT2D eigenvalue weighted by Gasteiger charge is 2.26. The fourth-order valence-corrected chi connectivity index (χ4v) is 2.66. The van der Waals surface area contributed by atoms with Crippen molar-refractivity contribution in [3.8, 4) is 5.75 Å². The van der Waals surface area contributed by atoms with E-state index in [0.29, 0.717) is 10.8 Å². The van der Waals surface area contributed by atoms with E-state index in [9.17, 15) is 14.0 Å². The van der Waals surface area contributed by atoms with Crippen LogP contribution in [0.1, 0.15) is 26.3 Å². The Morgan fingerprint density at radius 2 is 1.68 bits per heavy atom. The summed E-state index contributed by atoms with van der Waals surface area (Å²) in [4.78, 5) is 26.7. The normalized spacial score (nSPS) is 11.8. The van der Waals surface area contributed by atoms with Gasteiger partial charge in [0.15, 0.2) is 6.61 Å². The van der Waals surface area contributed by atoms with Crippen molar-refractivity contribution in [3.05, 3.63) is 64.9 Å². The van der Waals surface area contributed by atoms with Crippen LogP contribution in [-0.4, -0.2) is 35.4 Å². The quantitative estimate of drug-likeness (QED) is 0.725. The van der Waals surface area contributed by atoms with Gasteiger partial charge in [-0.3, -0.25) is 9.59 Å². The smallest absolute Gasteiger partial charge is 0.261 e. The summed E-state index contributed by atoms with van der Waals surface area (Å²) in [5, 5.41) is 3.41. The minimum atomic E-state index is -0.692. The summed E-state index contributed by atoms with van der Waals surface area (Å²) in [5.41, 5.74) is 0.837. The van der Waals surface area contributed by atoms with E-state index < -0.39 is 6.04 Å². The Morgan fingerprint density at radius 1 is 1.07 bits per heavy atom. The van der Waals surface area contributed by atoms with E-state index in [-0.39, 0.29) is 36.8 Å². The van der Waals surface area contributed by atoms with Crippen LogP contribution in [0, 0.1) is 5.82 Å². The van der Waals surface area contributed by atoms with Crippen molar-refractivity contribution in [2.24, 2.45) is 0 Å². The molecular formula is C21H24ClFN2O3. The molecule has 1 atom stereocenters. The van der Waals surface area contributed by atoms with E-state index in [0.717, 1.165) is 5.56 Å². The van der Waals surface area contributed by atoms with Gasteiger partial charge in [-0.05, 0) is 62.7 Å². The molecule has 2 aromatic rings. The zero-order chi connectivity index (χ0) is 20.7. The molecule has 0 heterocycles. The Morgan fingerprint density at radius 3 is 2.25 bits per heavy atom. The number of carbonyl (C=O) groups excluding carboxylic acids is 2. The lowest BCUT2D eigenvalue weighted by molar-refractivity contribution is -0.142. The molecule has 0 saturated heterocycles. The topological polar surface area (TPSA) is 58.6 Å². The molecule has 2 rings (SSSR count). The fraction of sp³-hybridized carbons (Fsp3) is 0.333. The fourth-order valence-electron chi connectivity index (χ4n) is 2.53. The average Bonchev–Trinajstić information content (AvgIpc) is 2.65. The van der Waals surface area contributed by atoms with Gasteiger partial charge in [0.25, 0.3) is 5.91 Å². The third-order valence-corrected chi connectivity index (χ3v) is 4.29. The highest BCUT2D eigenvalue weighted by molar-refractivity contribution is 6.30. The zero-order valence-corrected chi connectivity index (χ0v) is 16.9. The van der Waals surface area contributed by atoms with Crippen LogP contribution in [-0.2, 0) is 16.1 Å². The van der Waals surface area contributed by atoms with Crippen LogP contribution >= 0.6 is 11.6 Å². The van der Waals surface area contributed by atoms with Crippen molar-refractivity contribution in [3.63, 3.8) is 0 Å². The van der Waals surface area contributed by atoms with Crippen molar-refractivity contribution in [1.82, 2.24) is 10.2 Å². The molecule has 2 aromatic carbocycles. The number of rotatable bonds is 8. The lowest BCUT2D eigenvalue weighted by Crippen LogP contribution is -2.50. The number of halogens is 2. The van der Waals surface area contributed by atoms with Crippen LogP contribution in [0.25, 0.3) is 0 Å². The maximum atomic E-state index is 13.0. The van der Waals surface area contributed by atoms with Crippen molar-refractivity contribution in [1.29, 1.82) is 0 Å². The SMILES string of the molecule is CC(C)NC(=O)[C@@H](C)N(Cc1ccc(Cl)cc1)C(=O)COc1ccc(F)cc1. The van der Waals surface area contributed by atoms with Gasteiger partial charge >= 0.3 is 0 Å². The molecular weight excluding hydrogens is 383 g/mol. The van der Waals surface area contributed by atoms with Crippen molar-refractivity contribution in [2.75, 3.05) is 6.61 Å². The Balaban J connectivity index is 2.12. The van der Waals surface area contributed by atoms with Crippen molar-refractivity contribution >= 4 is 23.4 Å². The largest absolute Gasteiger partial charge is 0.484 e. The van der Waals surface area contributed by atoms with E-state index >= 15 is 0 Å². The first kappa shape index (κ1) is 21.7. The molecule has 28 heavy (non-hydrogen) atoms. The van der Waals surface area contributed by atoms with Crippen LogP contribution in [0.4, 0.5) is 4.39 Å². The van der Waals surface area contributed by atoms with Gasteiger partial charge < -0.3 is 15.0 Å². The number of hydrogen-bond donors (Lipinski definition) is 1. The molecule has 0 aliphatic rings. The monoisotopic (exact) mass is 406 g/mol. The van der Waals surface area contributed by atoms with Gasteiger partial charge in [-0.15, -0.1) is 0 Å². The zero-order valence-electron chi connectivity index (χ0n) is 16.1. The highest BCUT2D eigenvalue weighted by atomic mass is 35.5. The molecule has 150 valence electrons. The molecule has 0 saturated carbocycles. The van der Waals surface area contributed by atoms with Gasteiger partial charge in [0, 0.05) is 17.6 Å². The number of hydrogen-bond acceptors (Lipinski definition) is 3. The molecule has 0 aliphatic heterocycles. The van der Waals surface area contributed by atoms with E-state index in [4.69, 9.17) is 16.3 Å². The van der Waals surface area contributed by atoms with Gasteiger partial charge in [0.2, 0.25) is 5.91 Å². The van der Waals surface area contributed by atoms with Crippen LogP contribution in [0.5, 0.6) is 5.75 Å². The Bertz CT molecular complexity index is 794. The first-order valence-electron chi connectivity index (χ1n) is 8.99. The Labute approximate surface area is 169 Å². The lowest BCUT2D eigenvalue weighted by Gasteiger charge is -2.29. The van der Waals surface area contributed by atoms with Crippen LogP contribution in [0.3, 0.4) is 0 Å². The third kappa shape index (κ3) is 6.53. The Hall–Kier alpha value is -2.60. The predicted molar refractivity (Wildman–Crippen MR) is 107 cm³/mol. The molecule has 0 fully saturated rings. The number of carbonyl (C=O) groups is 2. The number of ether oxygens (including phenoxy) is 1. The number of nitrogens with zero attached hydrogens (tertiary/aromatic N) is 1. The molecule has 2 amide bonds. The molecule has 5 nitrogen and oxygen atoms in total. The average molecular weight is 407 g/mol. The van der Waals surface area contributed by atoms with E-state index in [2.05, 4.69) is 5.32 Å². The molecule has 7 heteroatoms. The van der Waals surface area contributed by atoms with Gasteiger partial charge in [-0.1, -0.05) is 23.7 Å². The van der Waals surface area contributed by atoms with Crippen molar-refractivity contribution in [2.45, 2.75) is 39.4 Å². The first-order chi connectivity index (χ1) is 13.3. The first-order valence-corrected chi connectivity index (χ1v) is 9.36. The highest BCUT2D eigenvalue weighted by Crippen LogP contribution is 2.15. The second-order valence-corrected chi connectivity index (χ2v) is 7.17. The minimum absolute atomic E-state index is 0.0436. The molecule has 0 aliphatic carbocycles. The molecule has 1 N–H and O–H groups in total. The summed E-state index contributed by atoms with van der Waals surface area (Å²) < 4.78 is 18.5. The second kappa shape index (κ2) is 10.1. The van der Waals surface area contributed by atoms with Gasteiger partial charge in [-0.25, -0.2) is 4.39 Å². The van der Waals surface area contributed by atoms with E-state index in [1.54, 1.807) is 31.2 Å². The van der Waals surface area contributed by atoms with Gasteiger partial charge in [0.1, 0.15) is 17.6 Å². The molecule has 0 bridgehead atoms. The predicted octanol–water partition coefficient (Wildman–Crippen LogP) is 3.80. The molecule has 0 spiro atoms. The van der Waals surface area contributed by atoms with Crippen LogP contribution < -0.4 is 10.1 Å². The van der Waals surface area contributed by atoms with E-state index in [1.807, 2.05) is 13.8 Å². The minimum Gasteiger partial charge on any atom is -0.484 e. The van der Waals surface area contributed by atoms with E-state index in [1.165, 1.54) is 29.2 Å². The second-order valence-electron chi connectivity index (χ2n) is 6.73. The van der Waals surface area contributed by atoms with Gasteiger partial charge in [-0.2, -0.15) is 0 Å². The number of benzene rings is 2. The standard InChI is InChI=1S/C21H24ClFN2O3/c1-14(2)24-21(27)15(3)25(12-16-4-6-17(22)7-5-16)20(26)13-28-19-10-8-18(23)9-11-19/h4-11,14-15H,12-13H2,1-3H3,(H,24,27)/t15-/m1/s1. The summed E-state index contributed by atoms with van der Waals surface area (Å²) in [6.45, 7) is 5.35. The summed E-state index contributed by atoms with van der Waals surface area (Å²) in [5.74, 6) is -0.618. The molecule has 0 unspecified atom stereocenters. The Kier molecular flexibility index (Phi) is 7.81. The summed E-state index contributed by atoms with van der Waals surface area (Å²) in [6, 6.07) is 11.7. The van der Waals surface area contributed by atoms with Crippen LogP contribution in [0.15, 0.2) is 48.5 Å². The number of amides is 2. The molecule has 0 aromatic heterocycles. The van der Waals surface area contributed by atoms with Gasteiger partial charge in [0.05, 0.1) is 0 Å². The lowest BCUT2D eigenvalue weighted by atomic mass is 10.1. The maximum absolute atomic E-state index is 13.0. The summed E-state index contributed by atoms with van der Waals surface area (Å²) in [7, 11) is 0. The third-order valence-electron chi connectivity index (χ3n) is 4.04. The maximum Gasteiger partial charge on any atom is 0.261 e. The van der Waals surface area contributed by atoms with Crippen LogP contribution in [0.2, 0.25) is 5.02 Å². The summed E-state index contributed by atoms with van der Waals surface area (Å²) in [6.07, 6.45) is 0.